The van der Waals surface area contributed by atoms with Crippen LogP contribution in [0.15, 0.2) is 53.0 Å². The number of rotatable bonds is 5. The van der Waals surface area contributed by atoms with Crippen LogP contribution in [0.5, 0.6) is 5.75 Å². The van der Waals surface area contributed by atoms with E-state index in [1.165, 1.54) is 0 Å². The Morgan fingerprint density at radius 2 is 1.83 bits per heavy atom. The zero-order valence-electron chi connectivity index (χ0n) is 13.1. The van der Waals surface area contributed by atoms with Crippen LogP contribution in [0.1, 0.15) is 32.6 Å². The van der Waals surface area contributed by atoms with E-state index in [4.69, 9.17) is 4.74 Å². The zero-order chi connectivity index (χ0) is 16.2. The Hall–Kier alpha value is -1.87. The fraction of sp³-hybridized carbons (Fsp3) is 0.250. The number of benzene rings is 3. The lowest BCUT2D eigenvalue weighted by Crippen LogP contribution is -2.08. The number of hydrogen-bond acceptors (Lipinski definition) is 2. The highest BCUT2D eigenvalue weighted by molar-refractivity contribution is 9.10. The average Bonchev–Trinajstić information content (AvgIpc) is 2.55. The summed E-state index contributed by atoms with van der Waals surface area (Å²) in [6.07, 6.45) is 3.48. The van der Waals surface area contributed by atoms with Crippen LogP contribution >= 0.6 is 15.9 Å². The molecule has 0 fully saturated rings. The minimum atomic E-state index is -0.160. The third-order valence-corrected chi connectivity index (χ3v) is 4.65. The number of unbranched alkanes of at least 4 members (excludes halogenated alkanes) is 2. The zero-order valence-corrected chi connectivity index (χ0v) is 14.7. The minimum absolute atomic E-state index is 0.160. The standard InChI is InChI=1S/C20H19BrO2/c1-2-3-4-12-18(22)23-20-16-10-6-5-8-14(16)13-15-9-7-11-17(21)19(15)20/h5-11,13H,2-4,12H2,1H3. The van der Waals surface area contributed by atoms with Gasteiger partial charge >= 0.3 is 5.97 Å². The van der Waals surface area contributed by atoms with Gasteiger partial charge in [0.25, 0.3) is 0 Å². The van der Waals surface area contributed by atoms with Crippen LogP contribution in [-0.2, 0) is 4.79 Å². The number of carbonyl (C=O) groups excluding carboxylic acids is 1. The van der Waals surface area contributed by atoms with Gasteiger partial charge in [-0.25, -0.2) is 0 Å². The van der Waals surface area contributed by atoms with Crippen LogP contribution in [-0.4, -0.2) is 5.97 Å². The van der Waals surface area contributed by atoms with Gasteiger partial charge in [0, 0.05) is 21.7 Å². The molecule has 3 rings (SSSR count). The second-order valence-corrected chi connectivity index (χ2v) is 6.55. The fourth-order valence-electron chi connectivity index (χ4n) is 2.82. The highest BCUT2D eigenvalue weighted by Crippen LogP contribution is 2.39. The molecule has 0 heterocycles. The average molecular weight is 371 g/mol. The molecule has 0 aromatic heterocycles. The summed E-state index contributed by atoms with van der Waals surface area (Å²) in [5, 5.41) is 4.06. The molecular weight excluding hydrogens is 352 g/mol. The maximum Gasteiger partial charge on any atom is 0.311 e. The summed E-state index contributed by atoms with van der Waals surface area (Å²) in [4.78, 5) is 12.2. The van der Waals surface area contributed by atoms with Gasteiger partial charge in [-0.15, -0.1) is 0 Å². The Balaban J connectivity index is 2.09. The number of halogens is 1. The summed E-state index contributed by atoms with van der Waals surface area (Å²) in [5.41, 5.74) is 0. The number of hydrogen-bond donors (Lipinski definition) is 0. The Morgan fingerprint density at radius 1 is 1.04 bits per heavy atom. The largest absolute Gasteiger partial charge is 0.425 e. The molecule has 0 aliphatic rings. The van der Waals surface area contributed by atoms with E-state index in [1.54, 1.807) is 0 Å². The van der Waals surface area contributed by atoms with E-state index < -0.39 is 0 Å². The topological polar surface area (TPSA) is 26.3 Å². The number of fused-ring (bicyclic) bond motifs is 2. The number of ether oxygens (including phenoxy) is 1. The molecule has 3 aromatic carbocycles. The quantitative estimate of drug-likeness (QED) is 0.230. The Bertz CT molecular complexity index is 855. The molecule has 118 valence electrons. The van der Waals surface area contributed by atoms with Gasteiger partial charge in [-0.1, -0.05) is 72.1 Å². The van der Waals surface area contributed by atoms with E-state index in [0.29, 0.717) is 12.2 Å². The maximum atomic E-state index is 12.2. The SMILES string of the molecule is CCCCCC(=O)Oc1c2ccccc2cc2cccc(Br)c12. The predicted molar refractivity (Wildman–Crippen MR) is 98.9 cm³/mol. The third-order valence-electron chi connectivity index (χ3n) is 3.99. The van der Waals surface area contributed by atoms with Crippen molar-refractivity contribution in [2.45, 2.75) is 32.6 Å². The molecule has 0 bridgehead atoms. The van der Waals surface area contributed by atoms with Crippen molar-refractivity contribution < 1.29 is 9.53 Å². The maximum absolute atomic E-state index is 12.2. The molecule has 0 saturated carbocycles. The molecular formula is C20H19BrO2. The highest BCUT2D eigenvalue weighted by Gasteiger charge is 2.14. The van der Waals surface area contributed by atoms with Gasteiger partial charge in [-0.05, 0) is 29.3 Å². The molecule has 0 amide bonds. The van der Waals surface area contributed by atoms with Crippen molar-refractivity contribution in [2.24, 2.45) is 0 Å². The van der Waals surface area contributed by atoms with Gasteiger partial charge in [-0.2, -0.15) is 0 Å². The van der Waals surface area contributed by atoms with E-state index in [2.05, 4.69) is 28.9 Å². The summed E-state index contributed by atoms with van der Waals surface area (Å²) < 4.78 is 6.74. The van der Waals surface area contributed by atoms with Crippen LogP contribution in [0.4, 0.5) is 0 Å². The monoisotopic (exact) mass is 370 g/mol. The van der Waals surface area contributed by atoms with Crippen molar-refractivity contribution in [3.8, 4) is 5.75 Å². The van der Waals surface area contributed by atoms with E-state index in [1.807, 2.05) is 42.5 Å². The first-order chi connectivity index (χ1) is 11.2. The van der Waals surface area contributed by atoms with Crippen molar-refractivity contribution in [1.29, 1.82) is 0 Å². The molecule has 0 aliphatic carbocycles. The second kappa shape index (κ2) is 7.14. The smallest absolute Gasteiger partial charge is 0.311 e. The van der Waals surface area contributed by atoms with Gasteiger partial charge < -0.3 is 4.74 Å². The molecule has 0 spiro atoms. The normalized spacial score (nSPS) is 11.0. The summed E-state index contributed by atoms with van der Waals surface area (Å²) in [6.45, 7) is 2.13. The van der Waals surface area contributed by atoms with Crippen molar-refractivity contribution in [3.05, 3.63) is 53.0 Å². The third kappa shape index (κ3) is 3.40. The molecule has 0 radical (unpaired) electrons. The van der Waals surface area contributed by atoms with Crippen LogP contribution in [0.25, 0.3) is 21.5 Å². The van der Waals surface area contributed by atoms with Gasteiger partial charge in [0.15, 0.2) is 0 Å². The Kier molecular flexibility index (Phi) is 4.97. The minimum Gasteiger partial charge on any atom is -0.425 e. The van der Waals surface area contributed by atoms with Crippen molar-refractivity contribution in [1.82, 2.24) is 0 Å². The molecule has 23 heavy (non-hydrogen) atoms. The second-order valence-electron chi connectivity index (χ2n) is 5.70. The van der Waals surface area contributed by atoms with E-state index in [-0.39, 0.29) is 5.97 Å². The van der Waals surface area contributed by atoms with Crippen molar-refractivity contribution in [3.63, 3.8) is 0 Å². The molecule has 0 unspecified atom stereocenters. The first kappa shape index (κ1) is 16.0. The van der Waals surface area contributed by atoms with Crippen LogP contribution in [0.2, 0.25) is 0 Å². The van der Waals surface area contributed by atoms with Crippen LogP contribution < -0.4 is 4.74 Å². The molecule has 0 saturated heterocycles. The molecule has 2 nitrogen and oxygen atoms in total. The number of carbonyl (C=O) groups is 1. The van der Waals surface area contributed by atoms with Crippen LogP contribution in [0.3, 0.4) is 0 Å². The first-order valence-electron chi connectivity index (χ1n) is 8.01. The summed E-state index contributed by atoms with van der Waals surface area (Å²) in [7, 11) is 0. The molecule has 0 N–H and O–H groups in total. The molecule has 0 atom stereocenters. The van der Waals surface area contributed by atoms with Gasteiger partial charge in [0.05, 0.1) is 0 Å². The Labute approximate surface area is 144 Å². The number of esters is 1. The lowest BCUT2D eigenvalue weighted by Gasteiger charge is -2.13. The van der Waals surface area contributed by atoms with E-state index in [9.17, 15) is 4.79 Å². The first-order valence-corrected chi connectivity index (χ1v) is 8.80. The van der Waals surface area contributed by atoms with E-state index >= 15 is 0 Å². The Morgan fingerprint density at radius 3 is 2.65 bits per heavy atom. The summed E-state index contributed by atoms with van der Waals surface area (Å²) in [5.74, 6) is 0.499. The predicted octanol–water partition coefficient (Wildman–Crippen LogP) is 6.24. The lowest BCUT2D eigenvalue weighted by molar-refractivity contribution is -0.134. The van der Waals surface area contributed by atoms with Gasteiger partial charge in [0.1, 0.15) is 5.75 Å². The lowest BCUT2D eigenvalue weighted by atomic mass is 10.0. The fourth-order valence-corrected chi connectivity index (χ4v) is 3.38. The molecule has 3 heteroatoms. The summed E-state index contributed by atoms with van der Waals surface area (Å²) in [6, 6.07) is 16.2. The molecule has 3 aromatic rings. The van der Waals surface area contributed by atoms with E-state index in [0.717, 1.165) is 45.3 Å². The van der Waals surface area contributed by atoms with Crippen LogP contribution in [0, 0.1) is 0 Å². The van der Waals surface area contributed by atoms with Crippen molar-refractivity contribution in [2.75, 3.05) is 0 Å². The van der Waals surface area contributed by atoms with Gasteiger partial charge in [-0.3, -0.25) is 4.79 Å². The van der Waals surface area contributed by atoms with Gasteiger partial charge in [0.2, 0.25) is 0 Å². The summed E-state index contributed by atoms with van der Waals surface area (Å²) >= 11 is 3.60. The van der Waals surface area contributed by atoms with Crippen molar-refractivity contribution >= 4 is 43.4 Å². The molecule has 0 aliphatic heterocycles. The highest BCUT2D eigenvalue weighted by atomic mass is 79.9.